The van der Waals surface area contributed by atoms with Gasteiger partial charge in [-0.1, -0.05) is 158 Å². The van der Waals surface area contributed by atoms with Crippen LogP contribution in [0.1, 0.15) is 16.0 Å². The fourth-order valence-electron chi connectivity index (χ4n) is 7.97. The van der Waals surface area contributed by atoms with Crippen LogP contribution in [0.25, 0.3) is 43.0 Å². The number of para-hydroxylation sites is 4. The maximum Gasteiger partial charge on any atom is 0.0462 e. The van der Waals surface area contributed by atoms with Crippen LogP contribution in [-0.4, -0.2) is 0 Å². The molecule has 4 heteroatoms. The van der Waals surface area contributed by atoms with Gasteiger partial charge in [-0.25, -0.2) is 0 Å². The lowest BCUT2D eigenvalue weighted by atomic mass is 9.97. The number of rotatable bonds is 12. The van der Waals surface area contributed by atoms with E-state index in [9.17, 15) is 0 Å². The average Bonchev–Trinajstić information content (AvgIpc) is 4.02. The van der Waals surface area contributed by atoms with E-state index in [2.05, 4.69) is 265 Å². The molecule has 0 atom stereocenters. The molecular formula is C58H42N2S2. The third-order valence-electron chi connectivity index (χ3n) is 10.9. The number of thiophene rings is 2. The van der Waals surface area contributed by atoms with Crippen LogP contribution in [0.4, 0.5) is 34.1 Å². The average molecular weight is 831 g/mol. The minimum atomic E-state index is 1.11. The first-order valence-corrected chi connectivity index (χ1v) is 22.5. The van der Waals surface area contributed by atoms with Gasteiger partial charge in [-0.05, 0) is 125 Å². The van der Waals surface area contributed by atoms with E-state index < -0.39 is 0 Å². The summed E-state index contributed by atoms with van der Waals surface area (Å²) in [4.78, 5) is 9.59. The normalized spacial score (nSPS) is 10.9. The zero-order valence-corrected chi connectivity index (χ0v) is 35.6. The molecule has 0 saturated carbocycles. The highest BCUT2D eigenvalue weighted by Crippen LogP contribution is 2.47. The number of anilines is 6. The Balaban J connectivity index is 1.06. The minimum Gasteiger partial charge on any atom is -0.311 e. The number of nitrogens with zero attached hydrogens (tertiary/aromatic N) is 2. The van der Waals surface area contributed by atoms with Crippen LogP contribution in [0.5, 0.6) is 0 Å². The summed E-state index contributed by atoms with van der Waals surface area (Å²) in [7, 11) is 0. The summed E-state index contributed by atoms with van der Waals surface area (Å²) in [5.74, 6) is 0. The Morgan fingerprint density at radius 1 is 0.323 bits per heavy atom. The molecule has 10 rings (SSSR count). The molecule has 0 radical (unpaired) electrons. The summed E-state index contributed by atoms with van der Waals surface area (Å²) < 4.78 is 0. The summed E-state index contributed by atoms with van der Waals surface area (Å²) in [5, 5.41) is 0. The summed E-state index contributed by atoms with van der Waals surface area (Å²) in [6.07, 6.45) is 2.34. The van der Waals surface area contributed by atoms with Crippen molar-refractivity contribution in [3.8, 4) is 31.3 Å². The quantitative estimate of drug-likeness (QED) is 0.121. The van der Waals surface area contributed by atoms with Crippen molar-refractivity contribution in [2.24, 2.45) is 0 Å². The van der Waals surface area contributed by atoms with Gasteiger partial charge in [-0.15, -0.1) is 22.7 Å². The Bertz CT molecular complexity index is 2750. The Kier molecular flexibility index (Phi) is 11.2. The number of hydrogen-bond donors (Lipinski definition) is 0. The first-order chi connectivity index (χ1) is 30.7. The molecule has 296 valence electrons. The van der Waals surface area contributed by atoms with Gasteiger partial charge in [-0.2, -0.15) is 0 Å². The van der Waals surface area contributed by atoms with E-state index in [1.54, 1.807) is 0 Å². The molecule has 0 saturated heterocycles. The first-order valence-electron chi connectivity index (χ1n) is 20.8. The van der Waals surface area contributed by atoms with Crippen LogP contribution in [0, 0.1) is 0 Å². The lowest BCUT2D eigenvalue weighted by Crippen LogP contribution is -2.09. The molecule has 2 heterocycles. The number of benzene rings is 8. The van der Waals surface area contributed by atoms with Crippen molar-refractivity contribution in [2.45, 2.75) is 0 Å². The first kappa shape index (κ1) is 38.7. The van der Waals surface area contributed by atoms with Gasteiger partial charge in [0.25, 0.3) is 0 Å². The maximum atomic E-state index is 2.39. The van der Waals surface area contributed by atoms with E-state index in [-0.39, 0.29) is 0 Å². The molecule has 62 heavy (non-hydrogen) atoms. The van der Waals surface area contributed by atoms with E-state index in [4.69, 9.17) is 0 Å². The second-order valence-corrected chi connectivity index (χ2v) is 17.1. The van der Waals surface area contributed by atoms with E-state index >= 15 is 0 Å². The predicted molar refractivity (Wildman–Crippen MR) is 268 cm³/mol. The Morgan fingerprint density at radius 3 is 1.11 bits per heavy atom. The SMILES string of the molecule is C(=C(c1ccccc1)c1ccccc1)c1ccc(-c2cc(-c3ccc(N(c4ccccc4)c4ccccc4)cc3)c(-c3ccc(N(c4ccccc4)c4ccccc4)cc3)s2)s1. The van der Waals surface area contributed by atoms with Crippen LogP contribution in [-0.2, 0) is 0 Å². The molecule has 0 aliphatic rings. The van der Waals surface area contributed by atoms with Crippen LogP contribution in [0.2, 0.25) is 0 Å². The van der Waals surface area contributed by atoms with Crippen molar-refractivity contribution in [1.82, 2.24) is 0 Å². The van der Waals surface area contributed by atoms with Gasteiger partial charge in [0, 0.05) is 59.2 Å². The monoisotopic (exact) mass is 830 g/mol. The van der Waals surface area contributed by atoms with Crippen molar-refractivity contribution in [3.05, 3.63) is 265 Å². The van der Waals surface area contributed by atoms with E-state index in [0.717, 1.165) is 34.1 Å². The highest BCUT2D eigenvalue weighted by Gasteiger charge is 2.19. The van der Waals surface area contributed by atoms with Gasteiger partial charge in [0.1, 0.15) is 0 Å². The molecule has 0 bridgehead atoms. The van der Waals surface area contributed by atoms with E-state index in [0.29, 0.717) is 0 Å². The third-order valence-corrected chi connectivity index (χ3v) is 13.4. The molecule has 0 unspecified atom stereocenters. The lowest BCUT2D eigenvalue weighted by molar-refractivity contribution is 1.28. The van der Waals surface area contributed by atoms with Gasteiger partial charge in [0.15, 0.2) is 0 Å². The van der Waals surface area contributed by atoms with Gasteiger partial charge >= 0.3 is 0 Å². The van der Waals surface area contributed by atoms with Gasteiger partial charge in [-0.3, -0.25) is 0 Å². The highest BCUT2D eigenvalue weighted by molar-refractivity contribution is 7.24. The molecule has 2 aromatic heterocycles. The van der Waals surface area contributed by atoms with Crippen LogP contribution < -0.4 is 9.80 Å². The van der Waals surface area contributed by atoms with E-state index in [1.165, 1.54) is 52.9 Å². The van der Waals surface area contributed by atoms with Crippen molar-refractivity contribution >= 4 is 68.4 Å². The summed E-state index contributed by atoms with van der Waals surface area (Å²) >= 11 is 3.70. The van der Waals surface area contributed by atoms with Crippen LogP contribution in [0.3, 0.4) is 0 Å². The second kappa shape index (κ2) is 18.0. The molecule has 8 aromatic carbocycles. The molecular weight excluding hydrogens is 789 g/mol. The summed E-state index contributed by atoms with van der Waals surface area (Å²) in [6, 6.07) is 88.8. The van der Waals surface area contributed by atoms with Gasteiger partial charge < -0.3 is 9.80 Å². The maximum absolute atomic E-state index is 2.39. The molecule has 10 aromatic rings. The number of hydrogen-bond acceptors (Lipinski definition) is 4. The molecule has 2 nitrogen and oxygen atoms in total. The minimum absolute atomic E-state index is 1.11. The van der Waals surface area contributed by atoms with Crippen molar-refractivity contribution in [2.75, 3.05) is 9.80 Å². The highest BCUT2D eigenvalue weighted by atomic mass is 32.1. The second-order valence-electron chi connectivity index (χ2n) is 15.0. The smallest absolute Gasteiger partial charge is 0.0462 e. The summed E-state index contributed by atoms with van der Waals surface area (Å²) in [5.41, 5.74) is 13.9. The summed E-state index contributed by atoms with van der Waals surface area (Å²) in [6.45, 7) is 0. The fraction of sp³-hybridized carbons (Fsp3) is 0. The molecule has 0 fully saturated rings. The Morgan fingerprint density at radius 2 is 0.694 bits per heavy atom. The molecule has 0 N–H and O–H groups in total. The zero-order valence-electron chi connectivity index (χ0n) is 34.0. The van der Waals surface area contributed by atoms with Crippen LogP contribution in [0.15, 0.2) is 249 Å². The third kappa shape index (κ3) is 8.30. The van der Waals surface area contributed by atoms with Gasteiger partial charge in [0.2, 0.25) is 0 Å². The zero-order chi connectivity index (χ0) is 41.5. The largest absolute Gasteiger partial charge is 0.311 e. The van der Waals surface area contributed by atoms with Crippen molar-refractivity contribution in [1.29, 1.82) is 0 Å². The molecule has 0 spiro atoms. The molecule has 0 aliphatic heterocycles. The van der Waals surface area contributed by atoms with E-state index in [1.807, 2.05) is 22.7 Å². The molecule has 0 amide bonds. The predicted octanol–water partition coefficient (Wildman–Crippen LogP) is 17.3. The fourth-order valence-corrected chi connectivity index (χ4v) is 10.2. The standard InChI is InChI=1S/C58H42N2S2/c1-7-19-43(20-8-1)54(44-21-9-2-10-22-44)41-53-39-40-56(61-53)57-42-55(45-31-35-51(36-32-45)59(47-23-11-3-12-24-47)48-25-13-4-14-26-48)58(62-57)46-33-37-52(38-34-46)60(49-27-15-5-16-28-49)50-29-17-6-18-30-50/h1-42H. The Labute approximate surface area is 372 Å². The lowest BCUT2D eigenvalue weighted by Gasteiger charge is -2.25. The molecule has 0 aliphatic carbocycles. The Hall–Kier alpha value is -7.50. The topological polar surface area (TPSA) is 6.48 Å². The van der Waals surface area contributed by atoms with Crippen molar-refractivity contribution in [3.63, 3.8) is 0 Å². The van der Waals surface area contributed by atoms with Crippen molar-refractivity contribution < 1.29 is 0 Å². The van der Waals surface area contributed by atoms with Gasteiger partial charge in [0.05, 0.1) is 0 Å². The van der Waals surface area contributed by atoms with Crippen LogP contribution >= 0.6 is 22.7 Å².